The van der Waals surface area contributed by atoms with Crippen LogP contribution < -0.4 is 5.32 Å². The molecule has 21 heavy (non-hydrogen) atoms. The Hall–Kier alpha value is -1.10. The van der Waals surface area contributed by atoms with Crippen molar-refractivity contribution in [1.29, 1.82) is 0 Å². The fraction of sp³-hybridized carbons (Fsp3) is 0.562. The molecule has 114 valence electrons. The van der Waals surface area contributed by atoms with Gasteiger partial charge < -0.3 is 15.0 Å². The van der Waals surface area contributed by atoms with Crippen LogP contribution in [-0.2, 0) is 9.53 Å². The fourth-order valence-electron chi connectivity index (χ4n) is 3.18. The van der Waals surface area contributed by atoms with Gasteiger partial charge in [-0.3, -0.25) is 4.79 Å². The van der Waals surface area contributed by atoms with E-state index in [1.54, 1.807) is 0 Å². The number of morpholine rings is 1. The number of carbonyl (C=O) groups is 1. The number of benzene rings is 1. The van der Waals surface area contributed by atoms with Gasteiger partial charge in [0.1, 0.15) is 0 Å². The Morgan fingerprint density at radius 2 is 2.19 bits per heavy atom. The van der Waals surface area contributed by atoms with Crippen molar-refractivity contribution in [3.05, 3.63) is 34.9 Å². The van der Waals surface area contributed by atoms with Gasteiger partial charge in [0.2, 0.25) is 5.91 Å². The highest BCUT2D eigenvalue weighted by atomic mass is 35.5. The molecule has 3 rings (SSSR count). The molecular formula is C16H21ClN2O2. The molecule has 2 atom stereocenters. The molecule has 2 saturated heterocycles. The van der Waals surface area contributed by atoms with Crippen LogP contribution in [0.5, 0.6) is 0 Å². The number of nitrogens with zero attached hydrogens (tertiary/aromatic N) is 1. The summed E-state index contributed by atoms with van der Waals surface area (Å²) in [6.45, 7) is 3.05. The highest BCUT2D eigenvalue weighted by Gasteiger charge is 2.31. The van der Waals surface area contributed by atoms with Crippen LogP contribution in [0.2, 0.25) is 5.02 Å². The summed E-state index contributed by atoms with van der Waals surface area (Å²) in [5.41, 5.74) is 1.18. The van der Waals surface area contributed by atoms with E-state index >= 15 is 0 Å². The quantitative estimate of drug-likeness (QED) is 0.932. The average Bonchev–Trinajstić information content (AvgIpc) is 2.98. The Morgan fingerprint density at radius 3 is 2.90 bits per heavy atom. The van der Waals surface area contributed by atoms with Crippen LogP contribution in [0.25, 0.3) is 0 Å². The van der Waals surface area contributed by atoms with Crippen molar-refractivity contribution in [2.75, 3.05) is 26.3 Å². The Morgan fingerprint density at radius 1 is 1.38 bits per heavy atom. The predicted molar refractivity (Wildman–Crippen MR) is 82.4 cm³/mol. The summed E-state index contributed by atoms with van der Waals surface area (Å²) in [5.74, 6) is 0.218. The maximum absolute atomic E-state index is 12.6. The van der Waals surface area contributed by atoms with Crippen LogP contribution in [0.3, 0.4) is 0 Å². The van der Waals surface area contributed by atoms with Crippen LogP contribution in [0.4, 0.5) is 0 Å². The molecule has 0 aromatic heterocycles. The number of nitrogens with one attached hydrogen (secondary N) is 1. The van der Waals surface area contributed by atoms with E-state index in [-0.39, 0.29) is 18.0 Å². The second-order valence-corrected chi connectivity index (χ2v) is 6.16. The second-order valence-electron chi connectivity index (χ2n) is 5.73. The predicted octanol–water partition coefficient (Wildman–Crippen LogP) is 2.38. The van der Waals surface area contributed by atoms with Gasteiger partial charge in [-0.05, 0) is 30.5 Å². The SMILES string of the molecule is O=C(CC1COCCN1)N1CCCC1c1ccc(Cl)cc1. The molecule has 1 amide bonds. The number of amides is 1. The van der Waals surface area contributed by atoms with E-state index in [9.17, 15) is 4.79 Å². The lowest BCUT2D eigenvalue weighted by Gasteiger charge is -2.29. The standard InChI is InChI=1S/C16H21ClN2O2/c17-13-5-3-12(4-6-13)15-2-1-8-19(15)16(20)10-14-11-21-9-7-18-14/h3-6,14-15,18H,1-2,7-11H2. The van der Waals surface area contributed by atoms with Gasteiger partial charge in [0.25, 0.3) is 0 Å². The molecule has 5 heteroatoms. The number of ether oxygens (including phenoxy) is 1. The number of halogens is 1. The van der Waals surface area contributed by atoms with Crippen LogP contribution in [0.1, 0.15) is 30.9 Å². The molecular weight excluding hydrogens is 288 g/mol. The van der Waals surface area contributed by atoms with Crippen LogP contribution in [0, 0.1) is 0 Å². The van der Waals surface area contributed by atoms with Gasteiger partial charge >= 0.3 is 0 Å². The Bertz CT molecular complexity index is 486. The molecule has 2 aliphatic heterocycles. The molecule has 1 N–H and O–H groups in total. The largest absolute Gasteiger partial charge is 0.378 e. The number of hydrogen-bond acceptors (Lipinski definition) is 3. The van der Waals surface area contributed by atoms with Crippen LogP contribution >= 0.6 is 11.6 Å². The van der Waals surface area contributed by atoms with E-state index in [1.165, 1.54) is 5.56 Å². The van der Waals surface area contributed by atoms with Crippen molar-refractivity contribution < 1.29 is 9.53 Å². The lowest BCUT2D eigenvalue weighted by molar-refractivity contribution is -0.133. The van der Waals surface area contributed by atoms with E-state index in [2.05, 4.69) is 5.32 Å². The molecule has 0 aliphatic carbocycles. The first-order valence-electron chi connectivity index (χ1n) is 7.60. The molecule has 2 fully saturated rings. The Balaban J connectivity index is 1.65. The van der Waals surface area contributed by atoms with E-state index in [1.807, 2.05) is 29.2 Å². The third-order valence-corrected chi connectivity index (χ3v) is 4.50. The van der Waals surface area contributed by atoms with Crippen molar-refractivity contribution in [3.8, 4) is 0 Å². The summed E-state index contributed by atoms with van der Waals surface area (Å²) in [4.78, 5) is 14.6. The number of likely N-dealkylation sites (tertiary alicyclic amines) is 1. The van der Waals surface area contributed by atoms with Crippen molar-refractivity contribution in [1.82, 2.24) is 10.2 Å². The normalized spacial score (nSPS) is 26.0. The van der Waals surface area contributed by atoms with Gasteiger partial charge in [0.15, 0.2) is 0 Å². The first kappa shape index (κ1) is 14.8. The van der Waals surface area contributed by atoms with Gasteiger partial charge in [0.05, 0.1) is 19.3 Å². The summed E-state index contributed by atoms with van der Waals surface area (Å²) in [6.07, 6.45) is 2.61. The van der Waals surface area contributed by atoms with E-state index in [0.717, 1.165) is 37.6 Å². The highest BCUT2D eigenvalue weighted by molar-refractivity contribution is 6.30. The smallest absolute Gasteiger partial charge is 0.224 e. The maximum atomic E-state index is 12.6. The summed E-state index contributed by atoms with van der Waals surface area (Å²) in [5, 5.41) is 4.08. The first-order chi connectivity index (χ1) is 10.2. The zero-order chi connectivity index (χ0) is 14.7. The van der Waals surface area contributed by atoms with Gasteiger partial charge in [0, 0.05) is 30.6 Å². The molecule has 2 heterocycles. The second kappa shape index (κ2) is 6.77. The molecule has 2 unspecified atom stereocenters. The van der Waals surface area contributed by atoms with Gasteiger partial charge in [-0.2, -0.15) is 0 Å². The lowest BCUT2D eigenvalue weighted by Crippen LogP contribution is -2.45. The fourth-order valence-corrected chi connectivity index (χ4v) is 3.30. The van der Waals surface area contributed by atoms with Crippen molar-refractivity contribution in [2.45, 2.75) is 31.3 Å². The minimum absolute atomic E-state index is 0.151. The molecule has 0 spiro atoms. The molecule has 1 aromatic carbocycles. The van der Waals surface area contributed by atoms with Crippen molar-refractivity contribution >= 4 is 17.5 Å². The van der Waals surface area contributed by atoms with Crippen molar-refractivity contribution in [3.63, 3.8) is 0 Å². The molecule has 1 aromatic rings. The van der Waals surface area contributed by atoms with E-state index in [4.69, 9.17) is 16.3 Å². The monoisotopic (exact) mass is 308 g/mol. The zero-order valence-electron chi connectivity index (χ0n) is 12.1. The first-order valence-corrected chi connectivity index (χ1v) is 7.98. The Kier molecular flexibility index (Phi) is 4.78. The number of hydrogen-bond donors (Lipinski definition) is 1. The third kappa shape index (κ3) is 3.57. The molecule has 0 bridgehead atoms. The molecule has 0 radical (unpaired) electrons. The molecule has 4 nitrogen and oxygen atoms in total. The zero-order valence-corrected chi connectivity index (χ0v) is 12.8. The number of carbonyl (C=O) groups excluding carboxylic acids is 1. The summed E-state index contributed by atoms with van der Waals surface area (Å²) in [6, 6.07) is 8.20. The molecule has 2 aliphatic rings. The van der Waals surface area contributed by atoms with E-state index in [0.29, 0.717) is 13.0 Å². The highest BCUT2D eigenvalue weighted by Crippen LogP contribution is 2.33. The summed E-state index contributed by atoms with van der Waals surface area (Å²) < 4.78 is 5.42. The van der Waals surface area contributed by atoms with Crippen LogP contribution in [-0.4, -0.2) is 43.2 Å². The summed E-state index contributed by atoms with van der Waals surface area (Å²) >= 11 is 5.94. The topological polar surface area (TPSA) is 41.6 Å². The van der Waals surface area contributed by atoms with Crippen LogP contribution in [0.15, 0.2) is 24.3 Å². The number of rotatable bonds is 3. The van der Waals surface area contributed by atoms with Gasteiger partial charge in [-0.15, -0.1) is 0 Å². The minimum atomic E-state index is 0.151. The van der Waals surface area contributed by atoms with E-state index < -0.39 is 0 Å². The van der Waals surface area contributed by atoms with Gasteiger partial charge in [-0.1, -0.05) is 23.7 Å². The van der Waals surface area contributed by atoms with Crippen molar-refractivity contribution in [2.24, 2.45) is 0 Å². The third-order valence-electron chi connectivity index (χ3n) is 4.25. The molecule has 0 saturated carbocycles. The maximum Gasteiger partial charge on any atom is 0.224 e. The summed E-state index contributed by atoms with van der Waals surface area (Å²) in [7, 11) is 0. The minimum Gasteiger partial charge on any atom is -0.378 e. The Labute approximate surface area is 130 Å². The van der Waals surface area contributed by atoms with Gasteiger partial charge in [-0.25, -0.2) is 0 Å². The average molecular weight is 309 g/mol. The lowest BCUT2D eigenvalue weighted by atomic mass is 10.0.